The van der Waals surface area contributed by atoms with E-state index < -0.39 is 0 Å². The molecule has 0 bridgehead atoms. The van der Waals surface area contributed by atoms with E-state index in [9.17, 15) is 0 Å². The number of rotatable bonds is 6. The van der Waals surface area contributed by atoms with Crippen molar-refractivity contribution < 1.29 is 9.47 Å². The quantitative estimate of drug-likeness (QED) is 0.823. The summed E-state index contributed by atoms with van der Waals surface area (Å²) in [4.78, 5) is 4.40. The molecule has 0 aromatic carbocycles. The first-order valence-electron chi connectivity index (χ1n) is 6.00. The smallest absolute Gasteiger partial charge is 0.218 e. The minimum absolute atomic E-state index is 0.0195. The number of pyridine rings is 1. The lowest BCUT2D eigenvalue weighted by molar-refractivity contribution is 0.0627. The van der Waals surface area contributed by atoms with Crippen LogP contribution in [0.15, 0.2) is 6.07 Å². The van der Waals surface area contributed by atoms with Gasteiger partial charge in [0.05, 0.1) is 6.61 Å². The van der Waals surface area contributed by atoms with Crippen molar-refractivity contribution in [3.05, 3.63) is 22.9 Å². The van der Waals surface area contributed by atoms with Crippen molar-refractivity contribution in [3.8, 4) is 5.88 Å². The summed E-state index contributed by atoms with van der Waals surface area (Å²) >= 11 is 0. The molecule has 0 aliphatic heterocycles. The maximum absolute atomic E-state index is 5.78. The minimum atomic E-state index is -0.0195. The van der Waals surface area contributed by atoms with E-state index in [1.54, 1.807) is 0 Å². The Morgan fingerprint density at radius 3 is 2.71 bits per heavy atom. The first kappa shape index (κ1) is 13.9. The Kier molecular flexibility index (Phi) is 5.38. The number of hydrogen-bond donors (Lipinski definition) is 1. The number of aromatic nitrogens is 1. The lowest BCUT2D eigenvalue weighted by atomic mass is 10.1. The zero-order valence-corrected chi connectivity index (χ0v) is 11.1. The van der Waals surface area contributed by atoms with Crippen LogP contribution in [-0.4, -0.2) is 24.3 Å². The third-order valence-corrected chi connectivity index (χ3v) is 2.51. The van der Waals surface area contributed by atoms with Crippen LogP contribution < -0.4 is 10.5 Å². The zero-order chi connectivity index (χ0) is 12.8. The maximum Gasteiger partial charge on any atom is 0.218 e. The van der Waals surface area contributed by atoms with Gasteiger partial charge in [0.2, 0.25) is 5.88 Å². The monoisotopic (exact) mass is 238 g/mol. The molecule has 0 saturated carbocycles. The zero-order valence-electron chi connectivity index (χ0n) is 11.1. The summed E-state index contributed by atoms with van der Waals surface area (Å²) in [5.74, 6) is 0.636. The molecule has 96 valence electrons. The molecule has 1 atom stereocenters. The average molecular weight is 238 g/mol. The van der Waals surface area contributed by atoms with Crippen LogP contribution in [0, 0.1) is 13.8 Å². The topological polar surface area (TPSA) is 57.4 Å². The van der Waals surface area contributed by atoms with Gasteiger partial charge < -0.3 is 15.2 Å². The van der Waals surface area contributed by atoms with Crippen molar-refractivity contribution in [1.82, 2.24) is 4.98 Å². The molecule has 0 saturated heterocycles. The van der Waals surface area contributed by atoms with E-state index in [0.717, 1.165) is 16.8 Å². The lowest BCUT2D eigenvalue weighted by Crippen LogP contribution is -2.21. The molecule has 1 rings (SSSR count). The highest BCUT2D eigenvalue weighted by Gasteiger charge is 2.12. The van der Waals surface area contributed by atoms with Gasteiger partial charge in [-0.15, -0.1) is 0 Å². The van der Waals surface area contributed by atoms with E-state index in [2.05, 4.69) is 4.98 Å². The van der Waals surface area contributed by atoms with Gasteiger partial charge in [0.15, 0.2) is 0 Å². The molecule has 0 amide bonds. The molecule has 0 fully saturated rings. The normalized spacial score (nSPS) is 12.5. The Bertz CT molecular complexity index is 367. The van der Waals surface area contributed by atoms with E-state index in [4.69, 9.17) is 15.2 Å². The Morgan fingerprint density at radius 1 is 1.41 bits per heavy atom. The molecule has 1 unspecified atom stereocenters. The molecular formula is C13H22N2O2. The van der Waals surface area contributed by atoms with Crippen LogP contribution in [0.4, 0.5) is 0 Å². The van der Waals surface area contributed by atoms with Gasteiger partial charge in [0.1, 0.15) is 6.10 Å². The standard InChI is InChI=1S/C13H22N2O2/c1-5-16-8-11(4)17-13-12(7-14)9(2)6-10(3)15-13/h6,11H,5,7-8,14H2,1-4H3. The summed E-state index contributed by atoms with van der Waals surface area (Å²) in [5, 5.41) is 0. The third kappa shape index (κ3) is 3.98. The van der Waals surface area contributed by atoms with Gasteiger partial charge in [-0.25, -0.2) is 4.98 Å². The highest BCUT2D eigenvalue weighted by molar-refractivity contribution is 5.35. The van der Waals surface area contributed by atoms with Crippen LogP contribution in [0.25, 0.3) is 0 Å². The van der Waals surface area contributed by atoms with Gasteiger partial charge in [0, 0.05) is 24.4 Å². The van der Waals surface area contributed by atoms with Crippen LogP contribution in [0.3, 0.4) is 0 Å². The Hall–Kier alpha value is -1.13. The number of ether oxygens (including phenoxy) is 2. The number of aryl methyl sites for hydroxylation is 2. The molecular weight excluding hydrogens is 216 g/mol. The van der Waals surface area contributed by atoms with E-state index in [1.807, 2.05) is 33.8 Å². The summed E-state index contributed by atoms with van der Waals surface area (Å²) in [7, 11) is 0. The van der Waals surface area contributed by atoms with E-state index in [1.165, 1.54) is 0 Å². The molecule has 1 heterocycles. The summed E-state index contributed by atoms with van der Waals surface area (Å²) in [6.07, 6.45) is -0.0195. The molecule has 1 aromatic heterocycles. The van der Waals surface area contributed by atoms with Gasteiger partial charge in [-0.3, -0.25) is 0 Å². The summed E-state index contributed by atoms with van der Waals surface area (Å²) < 4.78 is 11.1. The second kappa shape index (κ2) is 6.57. The summed E-state index contributed by atoms with van der Waals surface area (Å²) in [6, 6.07) is 2.02. The van der Waals surface area contributed by atoms with Crippen LogP contribution >= 0.6 is 0 Å². The SMILES string of the molecule is CCOCC(C)Oc1nc(C)cc(C)c1CN. The maximum atomic E-state index is 5.78. The Morgan fingerprint density at radius 2 is 2.12 bits per heavy atom. The molecule has 0 radical (unpaired) electrons. The first-order valence-corrected chi connectivity index (χ1v) is 6.00. The molecule has 0 aliphatic rings. The largest absolute Gasteiger partial charge is 0.472 e. The predicted molar refractivity (Wildman–Crippen MR) is 68.2 cm³/mol. The minimum Gasteiger partial charge on any atom is -0.472 e. The number of nitrogens with two attached hydrogens (primary N) is 1. The second-order valence-electron chi connectivity index (χ2n) is 4.16. The molecule has 4 heteroatoms. The molecule has 4 nitrogen and oxygen atoms in total. The van der Waals surface area contributed by atoms with Crippen molar-refractivity contribution in [2.24, 2.45) is 5.73 Å². The van der Waals surface area contributed by atoms with Crippen molar-refractivity contribution in [2.75, 3.05) is 13.2 Å². The second-order valence-corrected chi connectivity index (χ2v) is 4.16. The number of nitrogens with zero attached hydrogens (tertiary/aromatic N) is 1. The van der Waals surface area contributed by atoms with Gasteiger partial charge in [-0.1, -0.05) is 0 Å². The molecule has 2 N–H and O–H groups in total. The summed E-state index contributed by atoms with van der Waals surface area (Å²) in [5.41, 5.74) is 8.76. The van der Waals surface area contributed by atoms with Crippen LogP contribution in [0.2, 0.25) is 0 Å². The highest BCUT2D eigenvalue weighted by Crippen LogP contribution is 2.21. The van der Waals surface area contributed by atoms with Gasteiger partial charge in [-0.2, -0.15) is 0 Å². The van der Waals surface area contributed by atoms with Gasteiger partial charge in [0.25, 0.3) is 0 Å². The highest BCUT2D eigenvalue weighted by atomic mass is 16.5. The Labute approximate surface area is 103 Å². The molecule has 1 aromatic rings. The van der Waals surface area contributed by atoms with E-state index in [0.29, 0.717) is 25.6 Å². The van der Waals surface area contributed by atoms with Gasteiger partial charge >= 0.3 is 0 Å². The lowest BCUT2D eigenvalue weighted by Gasteiger charge is -2.17. The van der Waals surface area contributed by atoms with E-state index in [-0.39, 0.29) is 6.10 Å². The molecule has 0 spiro atoms. The number of hydrogen-bond acceptors (Lipinski definition) is 4. The van der Waals surface area contributed by atoms with Crippen molar-refractivity contribution in [2.45, 2.75) is 40.3 Å². The fourth-order valence-corrected chi connectivity index (χ4v) is 1.68. The average Bonchev–Trinajstić information content (AvgIpc) is 2.25. The van der Waals surface area contributed by atoms with Crippen molar-refractivity contribution >= 4 is 0 Å². The Balaban J connectivity index is 2.81. The predicted octanol–water partition coefficient (Wildman–Crippen LogP) is 1.96. The van der Waals surface area contributed by atoms with Crippen molar-refractivity contribution in [3.63, 3.8) is 0 Å². The van der Waals surface area contributed by atoms with E-state index >= 15 is 0 Å². The molecule has 17 heavy (non-hydrogen) atoms. The van der Waals surface area contributed by atoms with Crippen LogP contribution in [-0.2, 0) is 11.3 Å². The molecule has 0 aliphatic carbocycles. The summed E-state index contributed by atoms with van der Waals surface area (Å²) in [6.45, 7) is 9.61. The van der Waals surface area contributed by atoms with Gasteiger partial charge in [-0.05, 0) is 39.3 Å². The first-order chi connectivity index (χ1) is 8.08. The fourth-order valence-electron chi connectivity index (χ4n) is 1.68. The van der Waals surface area contributed by atoms with Crippen molar-refractivity contribution in [1.29, 1.82) is 0 Å². The van der Waals surface area contributed by atoms with Crippen LogP contribution in [0.1, 0.15) is 30.7 Å². The third-order valence-electron chi connectivity index (χ3n) is 2.51. The fraction of sp³-hybridized carbons (Fsp3) is 0.615. The van der Waals surface area contributed by atoms with Crippen LogP contribution in [0.5, 0.6) is 5.88 Å².